The van der Waals surface area contributed by atoms with E-state index in [4.69, 9.17) is 4.42 Å². The Morgan fingerprint density at radius 3 is 2.38 bits per heavy atom. The van der Waals surface area contributed by atoms with Crippen LogP contribution in [0.1, 0.15) is 34.4 Å². The summed E-state index contributed by atoms with van der Waals surface area (Å²) in [6.45, 7) is 2.25. The monoisotopic (exact) mass is 434 g/mol. The summed E-state index contributed by atoms with van der Waals surface area (Å²) in [4.78, 5) is 37.7. The van der Waals surface area contributed by atoms with Gasteiger partial charge in [0.15, 0.2) is 11.5 Å². The van der Waals surface area contributed by atoms with E-state index in [0.29, 0.717) is 35.1 Å². The molecule has 2 N–H and O–H groups in total. The molecule has 0 saturated heterocycles. The predicted octanol–water partition coefficient (Wildman–Crippen LogP) is 3.28. The number of nitrogens with one attached hydrogen (secondary N) is 2. The zero-order valence-corrected chi connectivity index (χ0v) is 17.1. The lowest BCUT2D eigenvalue weighted by molar-refractivity contribution is 0.0828. The molecule has 0 saturated carbocycles. The fourth-order valence-corrected chi connectivity index (χ4v) is 3.23. The molecule has 0 bridgehead atoms. The Kier molecular flexibility index (Phi) is 5.80. The molecule has 0 aliphatic heterocycles. The van der Waals surface area contributed by atoms with Crippen LogP contribution >= 0.6 is 0 Å². The maximum atomic E-state index is 13.1. The second-order valence-corrected chi connectivity index (χ2v) is 7.00. The first-order valence-electron chi connectivity index (χ1n) is 9.94. The summed E-state index contributed by atoms with van der Waals surface area (Å²) in [5.74, 6) is -1.41. The number of hydrazine groups is 1. The van der Waals surface area contributed by atoms with Gasteiger partial charge in [-0.2, -0.15) is 5.10 Å². The molecule has 32 heavy (non-hydrogen) atoms. The SMILES string of the molecule is CCCn1nc(C(=O)NNC(=O)c2ccc(-c3ccc(F)cc3)o2)c2ccccc2c1=O. The van der Waals surface area contributed by atoms with Crippen LogP contribution < -0.4 is 16.4 Å². The summed E-state index contributed by atoms with van der Waals surface area (Å²) in [6.07, 6.45) is 0.665. The van der Waals surface area contributed by atoms with E-state index in [2.05, 4.69) is 16.0 Å². The fraction of sp³-hybridized carbons (Fsp3) is 0.130. The average Bonchev–Trinajstić information content (AvgIpc) is 3.30. The molecule has 162 valence electrons. The van der Waals surface area contributed by atoms with Crippen molar-refractivity contribution in [3.05, 3.63) is 88.3 Å². The van der Waals surface area contributed by atoms with Crippen LogP contribution in [0.3, 0.4) is 0 Å². The Bertz CT molecular complexity index is 1360. The van der Waals surface area contributed by atoms with Crippen LogP contribution in [-0.4, -0.2) is 21.6 Å². The summed E-state index contributed by atoms with van der Waals surface area (Å²) in [5.41, 5.74) is 4.92. The summed E-state index contributed by atoms with van der Waals surface area (Å²) in [5, 5.41) is 4.92. The number of furan rings is 1. The lowest BCUT2D eigenvalue weighted by Crippen LogP contribution is -2.42. The third-order valence-electron chi connectivity index (χ3n) is 4.77. The van der Waals surface area contributed by atoms with Crippen LogP contribution in [0.25, 0.3) is 22.1 Å². The molecule has 0 unspecified atom stereocenters. The van der Waals surface area contributed by atoms with Crippen molar-refractivity contribution in [2.24, 2.45) is 0 Å². The topological polar surface area (TPSA) is 106 Å². The summed E-state index contributed by atoms with van der Waals surface area (Å²) in [6, 6.07) is 15.3. The van der Waals surface area contributed by atoms with Gasteiger partial charge in [-0.05, 0) is 48.9 Å². The van der Waals surface area contributed by atoms with Crippen LogP contribution in [0, 0.1) is 5.82 Å². The molecule has 0 aliphatic rings. The molecule has 2 heterocycles. The Morgan fingerprint density at radius 2 is 1.66 bits per heavy atom. The van der Waals surface area contributed by atoms with Gasteiger partial charge in [0, 0.05) is 17.5 Å². The Morgan fingerprint density at radius 1 is 0.969 bits per heavy atom. The fourth-order valence-electron chi connectivity index (χ4n) is 3.23. The lowest BCUT2D eigenvalue weighted by atomic mass is 10.1. The van der Waals surface area contributed by atoms with Crippen molar-refractivity contribution >= 4 is 22.6 Å². The van der Waals surface area contributed by atoms with Crippen molar-refractivity contribution in [2.75, 3.05) is 0 Å². The van der Waals surface area contributed by atoms with E-state index in [9.17, 15) is 18.8 Å². The maximum absolute atomic E-state index is 13.1. The second kappa shape index (κ2) is 8.84. The third kappa shape index (κ3) is 4.13. The number of nitrogens with zero attached hydrogens (tertiary/aromatic N) is 2. The quantitative estimate of drug-likeness (QED) is 0.469. The molecule has 2 aromatic heterocycles. The smallest absolute Gasteiger partial charge is 0.305 e. The van der Waals surface area contributed by atoms with E-state index in [-0.39, 0.29) is 22.8 Å². The molecule has 4 aromatic rings. The van der Waals surface area contributed by atoms with Gasteiger partial charge in [0.2, 0.25) is 0 Å². The third-order valence-corrected chi connectivity index (χ3v) is 4.77. The molecule has 0 fully saturated rings. The standard InChI is InChI=1S/C23H19FN4O4/c1-2-13-28-23(31)17-6-4-3-5-16(17)20(27-28)22(30)26-25-21(29)19-12-11-18(32-19)14-7-9-15(24)10-8-14/h3-12H,2,13H2,1H3,(H,25,29)(H,26,30). The molecule has 9 heteroatoms. The molecule has 0 atom stereocenters. The van der Waals surface area contributed by atoms with Gasteiger partial charge in [-0.3, -0.25) is 25.2 Å². The maximum Gasteiger partial charge on any atom is 0.305 e. The number of amides is 2. The summed E-state index contributed by atoms with van der Waals surface area (Å²) >= 11 is 0. The van der Waals surface area contributed by atoms with Crippen molar-refractivity contribution in [1.29, 1.82) is 0 Å². The Balaban J connectivity index is 1.52. The number of carbonyl (C=O) groups excluding carboxylic acids is 2. The minimum Gasteiger partial charge on any atom is -0.451 e. The highest BCUT2D eigenvalue weighted by atomic mass is 19.1. The molecule has 2 amide bonds. The first-order valence-corrected chi connectivity index (χ1v) is 9.94. The lowest BCUT2D eigenvalue weighted by Gasteiger charge is -2.11. The first kappa shape index (κ1) is 21.0. The van der Waals surface area contributed by atoms with Gasteiger partial charge in [-0.1, -0.05) is 25.1 Å². The number of hydrogen-bond donors (Lipinski definition) is 2. The van der Waals surface area contributed by atoms with Crippen molar-refractivity contribution in [2.45, 2.75) is 19.9 Å². The van der Waals surface area contributed by atoms with E-state index in [1.54, 1.807) is 30.3 Å². The highest BCUT2D eigenvalue weighted by Gasteiger charge is 2.18. The molecule has 2 aromatic carbocycles. The van der Waals surface area contributed by atoms with Gasteiger partial charge in [0.1, 0.15) is 11.6 Å². The van der Waals surface area contributed by atoms with Crippen LogP contribution in [0.5, 0.6) is 0 Å². The van der Waals surface area contributed by atoms with Crippen LogP contribution in [0.4, 0.5) is 4.39 Å². The van der Waals surface area contributed by atoms with Crippen LogP contribution in [0.2, 0.25) is 0 Å². The summed E-state index contributed by atoms with van der Waals surface area (Å²) < 4.78 is 19.8. The first-order chi connectivity index (χ1) is 15.5. The van der Waals surface area contributed by atoms with E-state index < -0.39 is 11.8 Å². The summed E-state index contributed by atoms with van der Waals surface area (Å²) in [7, 11) is 0. The molecule has 0 radical (unpaired) electrons. The number of aryl methyl sites for hydroxylation is 1. The highest BCUT2D eigenvalue weighted by molar-refractivity contribution is 6.05. The highest BCUT2D eigenvalue weighted by Crippen LogP contribution is 2.22. The number of halogens is 1. The van der Waals surface area contributed by atoms with Gasteiger partial charge < -0.3 is 4.42 Å². The normalized spacial score (nSPS) is 10.8. The van der Waals surface area contributed by atoms with Crippen molar-refractivity contribution in [3.63, 3.8) is 0 Å². The van der Waals surface area contributed by atoms with E-state index in [1.165, 1.54) is 35.0 Å². The van der Waals surface area contributed by atoms with Gasteiger partial charge in [-0.25, -0.2) is 9.07 Å². The minimum atomic E-state index is -0.683. The Labute approximate surface area is 181 Å². The van der Waals surface area contributed by atoms with E-state index in [1.807, 2.05) is 6.92 Å². The molecule has 8 nitrogen and oxygen atoms in total. The zero-order valence-electron chi connectivity index (χ0n) is 17.1. The molecular formula is C23H19FN4O4. The zero-order chi connectivity index (χ0) is 22.7. The van der Waals surface area contributed by atoms with E-state index >= 15 is 0 Å². The number of aromatic nitrogens is 2. The number of benzene rings is 2. The molecule has 0 spiro atoms. The average molecular weight is 434 g/mol. The van der Waals surface area contributed by atoms with E-state index in [0.717, 1.165) is 0 Å². The van der Waals surface area contributed by atoms with Gasteiger partial charge in [0.05, 0.1) is 5.39 Å². The largest absolute Gasteiger partial charge is 0.451 e. The van der Waals surface area contributed by atoms with Crippen LogP contribution in [-0.2, 0) is 6.54 Å². The van der Waals surface area contributed by atoms with Crippen molar-refractivity contribution in [3.8, 4) is 11.3 Å². The van der Waals surface area contributed by atoms with Crippen molar-refractivity contribution in [1.82, 2.24) is 20.6 Å². The predicted molar refractivity (Wildman–Crippen MR) is 115 cm³/mol. The molecule has 0 aliphatic carbocycles. The number of rotatable bonds is 5. The molecule has 4 rings (SSSR count). The van der Waals surface area contributed by atoms with Gasteiger partial charge >= 0.3 is 5.91 Å². The minimum absolute atomic E-state index is 0.0143. The van der Waals surface area contributed by atoms with Crippen molar-refractivity contribution < 1.29 is 18.4 Å². The van der Waals surface area contributed by atoms with Gasteiger partial charge in [0.25, 0.3) is 11.5 Å². The number of fused-ring (bicyclic) bond motifs is 1. The number of hydrogen-bond acceptors (Lipinski definition) is 5. The molecular weight excluding hydrogens is 415 g/mol. The van der Waals surface area contributed by atoms with Gasteiger partial charge in [-0.15, -0.1) is 0 Å². The van der Waals surface area contributed by atoms with Crippen LogP contribution in [0.15, 0.2) is 69.9 Å². The number of carbonyl (C=O) groups is 2. The second-order valence-electron chi connectivity index (χ2n) is 7.00. The Hall–Kier alpha value is -4.27.